The fourth-order valence-corrected chi connectivity index (χ4v) is 2.00. The van der Waals surface area contributed by atoms with Gasteiger partial charge in [0.15, 0.2) is 0 Å². The van der Waals surface area contributed by atoms with E-state index in [0.29, 0.717) is 6.42 Å². The third kappa shape index (κ3) is 5.06. The number of carbonyl (C=O) groups excluding carboxylic acids is 2. The van der Waals surface area contributed by atoms with Gasteiger partial charge >= 0.3 is 6.09 Å². The van der Waals surface area contributed by atoms with E-state index in [-0.39, 0.29) is 23.5 Å². The van der Waals surface area contributed by atoms with Gasteiger partial charge in [0, 0.05) is 11.5 Å². The van der Waals surface area contributed by atoms with Crippen molar-refractivity contribution < 1.29 is 14.3 Å². The maximum Gasteiger partial charge on any atom is 0.407 e. The number of hydrogen-bond acceptors (Lipinski definition) is 3. The molecular formula is C12H22N2O3. The molecule has 0 saturated heterocycles. The van der Waals surface area contributed by atoms with Crippen molar-refractivity contribution in [2.75, 3.05) is 0 Å². The lowest BCUT2D eigenvalue weighted by atomic mass is 9.87. The Hall–Kier alpha value is -1.26. The molecule has 0 heterocycles. The van der Waals surface area contributed by atoms with Crippen LogP contribution in [0.3, 0.4) is 0 Å². The second-order valence-electron chi connectivity index (χ2n) is 5.67. The number of amides is 2. The van der Waals surface area contributed by atoms with Gasteiger partial charge in [0.05, 0.1) is 0 Å². The van der Waals surface area contributed by atoms with E-state index in [9.17, 15) is 9.59 Å². The quantitative estimate of drug-likeness (QED) is 0.771. The van der Waals surface area contributed by atoms with Gasteiger partial charge in [-0.1, -0.05) is 0 Å². The summed E-state index contributed by atoms with van der Waals surface area (Å²) in [4.78, 5) is 22.6. The molecule has 2 amide bonds. The number of ether oxygens (including phenoxy) is 1. The van der Waals surface area contributed by atoms with E-state index in [1.165, 1.54) is 0 Å². The summed E-state index contributed by atoms with van der Waals surface area (Å²) in [5.74, 6) is -0.453. The Labute approximate surface area is 102 Å². The van der Waals surface area contributed by atoms with Crippen LogP contribution in [0.5, 0.6) is 0 Å². The molecule has 0 aromatic rings. The predicted molar refractivity (Wildman–Crippen MR) is 64.3 cm³/mol. The van der Waals surface area contributed by atoms with Crippen molar-refractivity contribution in [3.8, 4) is 0 Å². The number of hydrogen-bond donors (Lipinski definition) is 2. The Kier molecular flexibility index (Phi) is 4.37. The van der Waals surface area contributed by atoms with Crippen LogP contribution in [0.15, 0.2) is 0 Å². The van der Waals surface area contributed by atoms with Gasteiger partial charge in [0.2, 0.25) is 5.91 Å². The molecule has 1 rings (SSSR count). The number of rotatable bonds is 2. The zero-order valence-electron chi connectivity index (χ0n) is 10.8. The van der Waals surface area contributed by atoms with Crippen molar-refractivity contribution in [1.29, 1.82) is 0 Å². The van der Waals surface area contributed by atoms with E-state index >= 15 is 0 Å². The minimum atomic E-state index is -0.423. The molecule has 1 saturated carbocycles. The highest BCUT2D eigenvalue weighted by Crippen LogP contribution is 2.26. The highest BCUT2D eigenvalue weighted by atomic mass is 16.6. The largest absolute Gasteiger partial charge is 0.446 e. The van der Waals surface area contributed by atoms with Crippen LogP contribution >= 0.6 is 0 Å². The molecule has 0 spiro atoms. The summed E-state index contributed by atoms with van der Waals surface area (Å²) in [7, 11) is 0. The minimum Gasteiger partial charge on any atom is -0.446 e. The van der Waals surface area contributed by atoms with Crippen molar-refractivity contribution in [2.45, 2.75) is 58.1 Å². The smallest absolute Gasteiger partial charge is 0.407 e. The van der Waals surface area contributed by atoms with Crippen LogP contribution in [0.1, 0.15) is 46.5 Å². The average Bonchev–Trinajstić information content (AvgIpc) is 2.14. The molecule has 0 unspecified atom stereocenters. The first-order valence-corrected chi connectivity index (χ1v) is 6.06. The maximum absolute atomic E-state index is 11.6. The van der Waals surface area contributed by atoms with Crippen molar-refractivity contribution >= 4 is 12.0 Å². The zero-order chi connectivity index (χ0) is 13.1. The van der Waals surface area contributed by atoms with Gasteiger partial charge in [0.25, 0.3) is 0 Å². The maximum atomic E-state index is 11.6. The number of alkyl carbamates (subject to hydrolysis) is 1. The predicted octanol–water partition coefficient (Wildman–Crippen LogP) is 1.56. The summed E-state index contributed by atoms with van der Waals surface area (Å²) >= 11 is 0. The molecule has 5 heteroatoms. The van der Waals surface area contributed by atoms with E-state index in [2.05, 4.69) is 5.32 Å². The third-order valence-electron chi connectivity index (χ3n) is 2.78. The summed E-state index contributed by atoms with van der Waals surface area (Å²) in [6.45, 7) is 5.67. The van der Waals surface area contributed by atoms with Crippen molar-refractivity contribution in [3.05, 3.63) is 0 Å². The lowest BCUT2D eigenvalue weighted by Crippen LogP contribution is -2.43. The molecule has 0 radical (unpaired) electrons. The second kappa shape index (κ2) is 5.38. The molecule has 1 aliphatic carbocycles. The molecule has 98 valence electrons. The molecule has 2 atom stereocenters. The van der Waals surface area contributed by atoms with Gasteiger partial charge in [0.1, 0.15) is 6.10 Å². The lowest BCUT2D eigenvalue weighted by molar-refractivity contribution is -0.124. The molecule has 1 fully saturated rings. The van der Waals surface area contributed by atoms with Gasteiger partial charge in [-0.05, 0) is 46.5 Å². The average molecular weight is 242 g/mol. The molecular weight excluding hydrogens is 220 g/mol. The standard InChI is InChI=1S/C12H22N2O3/c1-12(2,3)14-11(16)17-9-6-4-5-8(7-9)10(13)15/h8-9H,4-7H2,1-3H3,(H2,13,15)(H,14,16)/t8-,9+/m0/s1. The van der Waals surface area contributed by atoms with Gasteiger partial charge in [-0.3, -0.25) is 4.79 Å². The van der Waals surface area contributed by atoms with Crippen LogP contribution in [-0.4, -0.2) is 23.6 Å². The highest BCUT2D eigenvalue weighted by molar-refractivity contribution is 5.76. The Morgan fingerprint density at radius 1 is 1.29 bits per heavy atom. The van der Waals surface area contributed by atoms with E-state index in [1.807, 2.05) is 20.8 Å². The Balaban J connectivity index is 2.41. The molecule has 0 aromatic carbocycles. The van der Waals surface area contributed by atoms with Gasteiger partial charge < -0.3 is 15.8 Å². The van der Waals surface area contributed by atoms with E-state index in [0.717, 1.165) is 19.3 Å². The van der Waals surface area contributed by atoms with Crippen LogP contribution < -0.4 is 11.1 Å². The minimum absolute atomic E-state index is 0.156. The van der Waals surface area contributed by atoms with E-state index < -0.39 is 6.09 Å². The van der Waals surface area contributed by atoms with Gasteiger partial charge in [-0.15, -0.1) is 0 Å². The van der Waals surface area contributed by atoms with Crippen LogP contribution in [-0.2, 0) is 9.53 Å². The summed E-state index contributed by atoms with van der Waals surface area (Å²) in [6, 6.07) is 0. The third-order valence-corrected chi connectivity index (χ3v) is 2.78. The summed E-state index contributed by atoms with van der Waals surface area (Å²) in [6.07, 6.45) is 2.42. The van der Waals surface area contributed by atoms with Crippen molar-refractivity contribution in [1.82, 2.24) is 5.32 Å². The molecule has 0 bridgehead atoms. The van der Waals surface area contributed by atoms with Crippen LogP contribution in [0.4, 0.5) is 4.79 Å². The summed E-state index contributed by atoms with van der Waals surface area (Å²) in [5, 5.41) is 2.73. The number of nitrogens with two attached hydrogens (primary N) is 1. The zero-order valence-corrected chi connectivity index (χ0v) is 10.8. The first-order valence-electron chi connectivity index (χ1n) is 6.06. The summed E-state index contributed by atoms with van der Waals surface area (Å²) in [5.41, 5.74) is 4.96. The lowest BCUT2D eigenvalue weighted by Gasteiger charge is -2.28. The summed E-state index contributed by atoms with van der Waals surface area (Å²) < 4.78 is 5.29. The van der Waals surface area contributed by atoms with Gasteiger partial charge in [-0.2, -0.15) is 0 Å². The molecule has 0 aliphatic heterocycles. The topological polar surface area (TPSA) is 81.4 Å². The number of carbonyl (C=O) groups is 2. The van der Waals surface area contributed by atoms with Crippen LogP contribution in [0.2, 0.25) is 0 Å². The SMILES string of the molecule is CC(C)(C)NC(=O)O[C@@H]1CCC[C@H](C(N)=O)C1. The first kappa shape index (κ1) is 13.8. The molecule has 17 heavy (non-hydrogen) atoms. The molecule has 5 nitrogen and oxygen atoms in total. The van der Waals surface area contributed by atoms with Crippen molar-refractivity contribution in [2.24, 2.45) is 11.7 Å². The first-order chi connectivity index (χ1) is 7.78. The van der Waals surface area contributed by atoms with E-state index in [4.69, 9.17) is 10.5 Å². The molecule has 3 N–H and O–H groups in total. The van der Waals surface area contributed by atoms with Gasteiger partial charge in [-0.25, -0.2) is 4.79 Å². The normalized spacial score (nSPS) is 25.1. The number of nitrogens with one attached hydrogen (secondary N) is 1. The van der Waals surface area contributed by atoms with Crippen LogP contribution in [0, 0.1) is 5.92 Å². The molecule has 0 aromatic heterocycles. The van der Waals surface area contributed by atoms with Crippen LogP contribution in [0.25, 0.3) is 0 Å². The van der Waals surface area contributed by atoms with E-state index in [1.54, 1.807) is 0 Å². The highest BCUT2D eigenvalue weighted by Gasteiger charge is 2.28. The Bertz CT molecular complexity index is 297. The fraction of sp³-hybridized carbons (Fsp3) is 0.833. The second-order valence-corrected chi connectivity index (χ2v) is 5.67. The monoisotopic (exact) mass is 242 g/mol. The molecule has 1 aliphatic rings. The number of primary amides is 1. The Morgan fingerprint density at radius 3 is 2.47 bits per heavy atom. The van der Waals surface area contributed by atoms with Crippen molar-refractivity contribution in [3.63, 3.8) is 0 Å². The Morgan fingerprint density at radius 2 is 1.94 bits per heavy atom. The fourth-order valence-electron chi connectivity index (χ4n) is 2.00.